The van der Waals surface area contributed by atoms with E-state index in [-0.39, 0.29) is 24.1 Å². The molecule has 9 heteroatoms. The molecular weight excluding hydrogens is 394 g/mol. The van der Waals surface area contributed by atoms with Crippen LogP contribution < -0.4 is 19.5 Å². The van der Waals surface area contributed by atoms with Crippen LogP contribution in [0.1, 0.15) is 12.5 Å². The maximum absolute atomic E-state index is 11.3. The van der Waals surface area contributed by atoms with E-state index in [0.717, 1.165) is 5.56 Å². The van der Waals surface area contributed by atoms with Gasteiger partial charge in [0.25, 0.3) is 0 Å². The fourth-order valence-corrected chi connectivity index (χ4v) is 2.97. The van der Waals surface area contributed by atoms with Gasteiger partial charge in [-0.25, -0.2) is 9.59 Å². The summed E-state index contributed by atoms with van der Waals surface area (Å²) in [7, 11) is 0. The van der Waals surface area contributed by atoms with E-state index in [1.54, 1.807) is 12.1 Å². The van der Waals surface area contributed by atoms with Gasteiger partial charge >= 0.3 is 17.7 Å². The molecule has 0 saturated carbocycles. The Morgan fingerprint density at radius 3 is 2.40 bits per heavy atom. The third-order valence-electron chi connectivity index (χ3n) is 4.51. The highest BCUT2D eigenvalue weighted by Crippen LogP contribution is 2.40. The van der Waals surface area contributed by atoms with Gasteiger partial charge < -0.3 is 34.8 Å². The lowest BCUT2D eigenvalue weighted by Gasteiger charge is -2.18. The molecule has 1 aliphatic rings. The Morgan fingerprint density at radius 1 is 1.07 bits per heavy atom. The average Bonchev–Trinajstić information content (AvgIpc) is 3.12. The number of para-hydroxylation sites is 1. The minimum atomic E-state index is -2.77. The number of rotatable bonds is 10. The Morgan fingerprint density at radius 2 is 1.73 bits per heavy atom. The first-order valence-electron chi connectivity index (χ1n) is 9.37. The molecule has 0 saturated heterocycles. The van der Waals surface area contributed by atoms with Crippen molar-refractivity contribution in [3.05, 3.63) is 54.1 Å². The Balaban J connectivity index is 1.50. The Hall–Kier alpha value is -3.30. The molecule has 2 aromatic rings. The maximum atomic E-state index is 11.3. The zero-order valence-corrected chi connectivity index (χ0v) is 16.3. The van der Waals surface area contributed by atoms with Gasteiger partial charge in [-0.1, -0.05) is 24.3 Å². The highest BCUT2D eigenvalue weighted by Gasteiger charge is 2.57. The fourth-order valence-electron chi connectivity index (χ4n) is 2.97. The molecule has 0 unspecified atom stereocenters. The third-order valence-corrected chi connectivity index (χ3v) is 4.51. The number of aliphatic hydroxyl groups excluding tert-OH is 1. The Bertz CT molecular complexity index is 887. The molecule has 9 nitrogen and oxygen atoms in total. The van der Waals surface area contributed by atoms with Crippen LogP contribution in [0.3, 0.4) is 0 Å². The molecule has 30 heavy (non-hydrogen) atoms. The first-order chi connectivity index (χ1) is 14.3. The van der Waals surface area contributed by atoms with Gasteiger partial charge in [0.05, 0.1) is 0 Å². The molecule has 4 N–H and O–H groups in total. The molecular formula is C21H23NO8. The lowest BCUT2D eigenvalue weighted by atomic mass is 10.1. The van der Waals surface area contributed by atoms with Gasteiger partial charge in [0.15, 0.2) is 11.5 Å². The summed E-state index contributed by atoms with van der Waals surface area (Å²) < 4.78 is 15.7. The molecule has 0 fully saturated rings. The van der Waals surface area contributed by atoms with E-state index in [0.29, 0.717) is 18.7 Å². The van der Waals surface area contributed by atoms with Crippen LogP contribution in [0.2, 0.25) is 0 Å². The van der Waals surface area contributed by atoms with Gasteiger partial charge in [-0.3, -0.25) is 0 Å². The van der Waals surface area contributed by atoms with Crippen molar-refractivity contribution in [2.75, 3.05) is 13.2 Å². The van der Waals surface area contributed by atoms with Crippen molar-refractivity contribution in [3.63, 3.8) is 0 Å². The highest BCUT2D eigenvalue weighted by atomic mass is 16.8. The molecule has 160 valence electrons. The lowest BCUT2D eigenvalue weighted by Crippen LogP contribution is -2.54. The topological polar surface area (TPSA) is 135 Å². The van der Waals surface area contributed by atoms with Crippen LogP contribution in [0, 0.1) is 0 Å². The minimum Gasteiger partial charge on any atom is -0.491 e. The molecule has 0 amide bonds. The zero-order valence-electron chi connectivity index (χ0n) is 16.3. The molecule has 0 aromatic heterocycles. The number of carboxylic acid groups (broad SMARTS) is 2. The van der Waals surface area contributed by atoms with Gasteiger partial charge in [-0.2, -0.15) is 0 Å². The molecule has 0 radical (unpaired) electrons. The normalized spacial score (nSPS) is 15.9. The second kappa shape index (κ2) is 9.02. The third kappa shape index (κ3) is 4.81. The van der Waals surface area contributed by atoms with Gasteiger partial charge in [0, 0.05) is 12.6 Å². The van der Waals surface area contributed by atoms with Crippen LogP contribution >= 0.6 is 0 Å². The van der Waals surface area contributed by atoms with E-state index < -0.39 is 23.8 Å². The zero-order chi connectivity index (χ0) is 21.7. The number of nitrogens with one attached hydrogen (secondary N) is 1. The van der Waals surface area contributed by atoms with Crippen molar-refractivity contribution in [1.82, 2.24) is 5.32 Å². The minimum absolute atomic E-state index is 0.0274. The Kier molecular flexibility index (Phi) is 6.43. The number of hydrogen-bond donors (Lipinski definition) is 4. The average molecular weight is 417 g/mol. The highest BCUT2D eigenvalue weighted by molar-refractivity contribution is 6.01. The monoisotopic (exact) mass is 417 g/mol. The van der Waals surface area contributed by atoms with E-state index in [2.05, 4.69) is 5.32 Å². The summed E-state index contributed by atoms with van der Waals surface area (Å²) in [6.07, 6.45) is -0.160. The van der Waals surface area contributed by atoms with E-state index in [1.807, 2.05) is 37.3 Å². The van der Waals surface area contributed by atoms with Crippen LogP contribution in [-0.4, -0.2) is 58.3 Å². The van der Waals surface area contributed by atoms with Gasteiger partial charge in [0.1, 0.15) is 18.5 Å². The SMILES string of the molecule is C[C@@H](Cc1ccc2c(c1)OC(C(=O)O)(C(=O)O)O2)NC[C@H](O)COc1ccccc1. The van der Waals surface area contributed by atoms with Gasteiger partial charge in [0.2, 0.25) is 0 Å². The predicted octanol–water partition coefficient (Wildman–Crippen LogP) is 1.28. The summed E-state index contributed by atoms with van der Waals surface area (Å²) in [5, 5.41) is 31.6. The van der Waals surface area contributed by atoms with E-state index in [4.69, 9.17) is 14.2 Å². The number of hydrogen-bond acceptors (Lipinski definition) is 7. The predicted molar refractivity (Wildman–Crippen MR) is 105 cm³/mol. The number of carboxylic acids is 2. The van der Waals surface area contributed by atoms with Crippen LogP contribution in [0.4, 0.5) is 0 Å². The number of aliphatic hydroxyl groups is 1. The molecule has 0 bridgehead atoms. The quantitative estimate of drug-likeness (QED) is 0.422. The standard InChI is InChI=1S/C21H23NO8/c1-13(22-11-15(23)12-28-16-5-3-2-4-6-16)9-14-7-8-17-18(10-14)30-21(29-17,19(24)25)20(26)27/h2-8,10,13,15,22-23H,9,11-12H2,1H3,(H,24,25)(H,26,27)/t13-,15-/m0/s1. The van der Waals surface area contributed by atoms with E-state index >= 15 is 0 Å². The second-order valence-electron chi connectivity index (χ2n) is 7.00. The summed E-state index contributed by atoms with van der Waals surface area (Å²) >= 11 is 0. The van der Waals surface area contributed by atoms with E-state index in [9.17, 15) is 24.9 Å². The molecule has 3 rings (SSSR count). The van der Waals surface area contributed by atoms with Crippen LogP contribution in [0.15, 0.2) is 48.5 Å². The molecule has 2 atom stereocenters. The van der Waals surface area contributed by atoms with Crippen molar-refractivity contribution in [1.29, 1.82) is 0 Å². The first kappa shape index (κ1) is 21.4. The second-order valence-corrected chi connectivity index (χ2v) is 7.00. The molecule has 1 heterocycles. The number of carbonyl (C=O) groups is 2. The number of ether oxygens (including phenoxy) is 3. The smallest absolute Gasteiger partial charge is 0.453 e. The summed E-state index contributed by atoms with van der Waals surface area (Å²) in [6.45, 7) is 2.40. The van der Waals surface area contributed by atoms with Gasteiger partial charge in [-0.15, -0.1) is 0 Å². The first-order valence-corrected chi connectivity index (χ1v) is 9.37. The molecule has 0 aliphatic carbocycles. The maximum Gasteiger partial charge on any atom is 0.453 e. The largest absolute Gasteiger partial charge is 0.491 e. The molecule has 0 spiro atoms. The number of aliphatic carboxylic acids is 2. The van der Waals surface area contributed by atoms with Crippen LogP contribution in [-0.2, 0) is 16.0 Å². The summed E-state index contributed by atoms with van der Waals surface area (Å²) in [5.41, 5.74) is 0.791. The van der Waals surface area contributed by atoms with Crippen molar-refractivity contribution in [2.45, 2.75) is 31.3 Å². The van der Waals surface area contributed by atoms with Gasteiger partial charge in [-0.05, 0) is 43.2 Å². The lowest BCUT2D eigenvalue weighted by molar-refractivity contribution is -0.194. The van der Waals surface area contributed by atoms with Crippen molar-refractivity contribution < 1.29 is 39.1 Å². The number of fused-ring (bicyclic) bond motifs is 1. The number of benzene rings is 2. The van der Waals surface area contributed by atoms with Crippen molar-refractivity contribution in [2.24, 2.45) is 0 Å². The molecule has 2 aromatic carbocycles. The van der Waals surface area contributed by atoms with Crippen LogP contribution in [0.5, 0.6) is 17.2 Å². The summed E-state index contributed by atoms with van der Waals surface area (Å²) in [5.74, 6) is -5.46. The Labute approximate surface area is 172 Å². The van der Waals surface area contributed by atoms with E-state index in [1.165, 1.54) is 6.07 Å². The van der Waals surface area contributed by atoms with Crippen molar-refractivity contribution >= 4 is 11.9 Å². The molecule has 1 aliphatic heterocycles. The van der Waals surface area contributed by atoms with Crippen LogP contribution in [0.25, 0.3) is 0 Å². The fraction of sp³-hybridized carbons (Fsp3) is 0.333. The summed E-state index contributed by atoms with van der Waals surface area (Å²) in [4.78, 5) is 22.6. The van der Waals surface area contributed by atoms with Crippen molar-refractivity contribution in [3.8, 4) is 17.2 Å². The summed E-state index contributed by atoms with van der Waals surface area (Å²) in [6, 6.07) is 13.9.